The van der Waals surface area contributed by atoms with Gasteiger partial charge in [-0.2, -0.15) is 0 Å². The first kappa shape index (κ1) is 24.7. The normalized spacial score (nSPS) is 14.0. The van der Waals surface area contributed by atoms with Crippen LogP contribution in [0.3, 0.4) is 0 Å². The number of fused-ring (bicyclic) bond motifs is 1. The van der Waals surface area contributed by atoms with Crippen LogP contribution in [0.5, 0.6) is 0 Å². The molecule has 0 aliphatic carbocycles. The van der Waals surface area contributed by atoms with Crippen LogP contribution in [0, 0.1) is 0 Å². The molecule has 36 heavy (non-hydrogen) atoms. The second-order valence-corrected chi connectivity index (χ2v) is 8.97. The molecule has 0 radical (unpaired) electrons. The lowest BCUT2D eigenvalue weighted by atomic mass is 9.94. The number of carbonyl (C=O) groups excluding carboxylic acids is 3. The van der Waals surface area contributed by atoms with Gasteiger partial charge in [-0.15, -0.1) is 0 Å². The highest BCUT2D eigenvalue weighted by Gasteiger charge is 2.29. The second kappa shape index (κ2) is 10.1. The topological polar surface area (TPSA) is 123 Å². The van der Waals surface area contributed by atoms with Gasteiger partial charge in [-0.3, -0.25) is 14.9 Å². The van der Waals surface area contributed by atoms with E-state index in [9.17, 15) is 14.4 Å². The zero-order valence-electron chi connectivity index (χ0n) is 20.3. The fraction of sp³-hybridized carbons (Fsp3) is 0.179. The number of benzene rings is 3. The fourth-order valence-corrected chi connectivity index (χ4v) is 4.07. The Bertz CT molecular complexity index is 1350. The minimum Gasteiger partial charge on any atom is -0.465 e. The molecule has 1 aliphatic rings. The lowest BCUT2D eigenvalue weighted by Gasteiger charge is -2.26. The van der Waals surface area contributed by atoms with Gasteiger partial charge in [0.15, 0.2) is 0 Å². The summed E-state index contributed by atoms with van der Waals surface area (Å²) >= 11 is 0. The van der Waals surface area contributed by atoms with Gasteiger partial charge in [0, 0.05) is 16.8 Å². The summed E-state index contributed by atoms with van der Waals surface area (Å²) in [6.07, 6.45) is 0. The van der Waals surface area contributed by atoms with Crippen molar-refractivity contribution in [1.29, 1.82) is 0 Å². The van der Waals surface area contributed by atoms with Crippen LogP contribution in [0.25, 0.3) is 11.3 Å². The Kier molecular flexibility index (Phi) is 6.89. The van der Waals surface area contributed by atoms with Crippen LogP contribution in [-0.4, -0.2) is 31.4 Å². The molecule has 8 nitrogen and oxygen atoms in total. The number of carbonyl (C=O) groups is 3. The summed E-state index contributed by atoms with van der Waals surface area (Å²) in [6, 6.07) is 22.3. The van der Waals surface area contributed by atoms with E-state index in [0.29, 0.717) is 28.1 Å². The number of methoxy groups -OCH3 is 1. The molecule has 0 saturated heterocycles. The van der Waals surface area contributed by atoms with Crippen molar-refractivity contribution in [2.45, 2.75) is 19.4 Å². The standard InChI is InChI=1S/C28H28N4O4/c1-28(2,30-16-23(29)33)19-10-12-20(13-11-19)31-25(17-7-5-4-6-8-17)24-21-14-9-18(27(35)36-3)15-22(21)32-26(24)34/h4-15,30-31H,16H2,1-3H3,(H2,29,33)(H,32,34)/b25-24-. The zero-order chi connectivity index (χ0) is 25.9. The number of amides is 2. The Labute approximate surface area is 209 Å². The highest BCUT2D eigenvalue weighted by Crippen LogP contribution is 2.38. The maximum absolute atomic E-state index is 13.1. The van der Waals surface area contributed by atoms with E-state index in [4.69, 9.17) is 10.5 Å². The summed E-state index contributed by atoms with van der Waals surface area (Å²) in [4.78, 5) is 36.3. The Balaban J connectivity index is 1.72. The third kappa shape index (κ3) is 5.13. The minimum absolute atomic E-state index is 0.0729. The van der Waals surface area contributed by atoms with Crippen molar-refractivity contribution in [2.24, 2.45) is 5.73 Å². The van der Waals surface area contributed by atoms with Crippen molar-refractivity contribution < 1.29 is 19.1 Å². The number of primary amides is 1. The largest absolute Gasteiger partial charge is 0.465 e. The van der Waals surface area contributed by atoms with Crippen LogP contribution in [0.15, 0.2) is 72.8 Å². The molecule has 0 unspecified atom stereocenters. The molecular weight excluding hydrogens is 456 g/mol. The third-order valence-corrected chi connectivity index (χ3v) is 6.08. The van der Waals surface area contributed by atoms with Gasteiger partial charge in [0.05, 0.1) is 36.2 Å². The molecule has 5 N–H and O–H groups in total. The maximum Gasteiger partial charge on any atom is 0.337 e. The van der Waals surface area contributed by atoms with Crippen molar-refractivity contribution in [3.63, 3.8) is 0 Å². The SMILES string of the molecule is COC(=O)c1ccc2c(c1)NC(=O)/C2=C(\Nc1ccc(C(C)(C)NCC(N)=O)cc1)c1ccccc1. The highest BCUT2D eigenvalue weighted by atomic mass is 16.5. The van der Waals surface area contributed by atoms with Gasteiger partial charge < -0.3 is 21.1 Å². The van der Waals surface area contributed by atoms with Crippen molar-refractivity contribution in [2.75, 3.05) is 24.3 Å². The molecule has 0 saturated carbocycles. The van der Waals surface area contributed by atoms with E-state index in [1.807, 2.05) is 68.4 Å². The van der Waals surface area contributed by atoms with Gasteiger partial charge in [0.1, 0.15) is 0 Å². The number of esters is 1. The summed E-state index contributed by atoms with van der Waals surface area (Å²) < 4.78 is 4.80. The van der Waals surface area contributed by atoms with Gasteiger partial charge in [0.25, 0.3) is 5.91 Å². The van der Waals surface area contributed by atoms with Crippen LogP contribution >= 0.6 is 0 Å². The van der Waals surface area contributed by atoms with Gasteiger partial charge in [-0.1, -0.05) is 48.5 Å². The number of hydrogen-bond acceptors (Lipinski definition) is 6. The second-order valence-electron chi connectivity index (χ2n) is 8.97. The van der Waals surface area contributed by atoms with Crippen LogP contribution in [-0.2, 0) is 19.9 Å². The molecule has 4 rings (SSSR count). The molecule has 0 spiro atoms. The molecule has 0 atom stereocenters. The molecule has 3 aromatic carbocycles. The number of nitrogens with one attached hydrogen (secondary N) is 3. The summed E-state index contributed by atoms with van der Waals surface area (Å²) in [7, 11) is 1.32. The predicted molar refractivity (Wildman–Crippen MR) is 140 cm³/mol. The summed E-state index contributed by atoms with van der Waals surface area (Å²) in [5.41, 5.74) is 10.1. The number of anilines is 2. The summed E-state index contributed by atoms with van der Waals surface area (Å²) in [5, 5.41) is 9.43. The van der Waals surface area contributed by atoms with E-state index in [1.54, 1.807) is 18.2 Å². The Morgan fingerprint density at radius 3 is 2.31 bits per heavy atom. The predicted octanol–water partition coefficient (Wildman–Crippen LogP) is 3.72. The monoisotopic (exact) mass is 484 g/mol. The molecule has 0 bridgehead atoms. The van der Waals surface area contributed by atoms with Gasteiger partial charge in [0.2, 0.25) is 5.91 Å². The van der Waals surface area contributed by atoms with Gasteiger partial charge >= 0.3 is 5.97 Å². The smallest absolute Gasteiger partial charge is 0.337 e. The number of rotatable bonds is 8. The van der Waals surface area contributed by atoms with Crippen molar-refractivity contribution in [3.8, 4) is 0 Å². The molecule has 2 amide bonds. The van der Waals surface area contributed by atoms with Gasteiger partial charge in [-0.25, -0.2) is 4.79 Å². The lowest BCUT2D eigenvalue weighted by molar-refractivity contribution is -0.117. The number of nitrogens with two attached hydrogens (primary N) is 1. The van der Waals surface area contributed by atoms with Crippen molar-refractivity contribution >= 4 is 40.4 Å². The molecule has 0 aromatic heterocycles. The highest BCUT2D eigenvalue weighted by molar-refractivity contribution is 6.37. The molecule has 1 heterocycles. The van der Waals surface area contributed by atoms with E-state index in [0.717, 1.165) is 16.8 Å². The first-order valence-electron chi connectivity index (χ1n) is 11.4. The van der Waals surface area contributed by atoms with E-state index in [-0.39, 0.29) is 12.5 Å². The first-order valence-corrected chi connectivity index (χ1v) is 11.4. The van der Waals surface area contributed by atoms with E-state index < -0.39 is 17.4 Å². The average Bonchev–Trinajstić information content (AvgIpc) is 3.21. The Hall–Kier alpha value is -4.43. The number of hydrogen-bond donors (Lipinski definition) is 4. The molecule has 0 fully saturated rings. The van der Waals surface area contributed by atoms with Crippen LogP contribution < -0.4 is 21.7 Å². The molecule has 3 aromatic rings. The van der Waals surface area contributed by atoms with Crippen LogP contribution in [0.2, 0.25) is 0 Å². The average molecular weight is 485 g/mol. The minimum atomic E-state index is -0.473. The van der Waals surface area contributed by atoms with E-state index in [2.05, 4.69) is 16.0 Å². The van der Waals surface area contributed by atoms with Crippen molar-refractivity contribution in [3.05, 3.63) is 95.1 Å². The van der Waals surface area contributed by atoms with Crippen molar-refractivity contribution in [1.82, 2.24) is 5.32 Å². The van der Waals surface area contributed by atoms with E-state index >= 15 is 0 Å². The van der Waals surface area contributed by atoms with Crippen LogP contribution in [0.1, 0.15) is 40.9 Å². The molecular formula is C28H28N4O4. The first-order chi connectivity index (χ1) is 17.2. The summed E-state index contributed by atoms with van der Waals surface area (Å²) in [5.74, 6) is -1.17. The summed E-state index contributed by atoms with van der Waals surface area (Å²) in [6.45, 7) is 4.01. The van der Waals surface area contributed by atoms with Crippen LogP contribution in [0.4, 0.5) is 11.4 Å². The fourth-order valence-electron chi connectivity index (χ4n) is 4.07. The molecule has 184 valence electrons. The molecule has 1 aliphatic heterocycles. The van der Waals surface area contributed by atoms with Gasteiger partial charge in [-0.05, 0) is 49.2 Å². The Morgan fingerprint density at radius 1 is 0.972 bits per heavy atom. The number of ether oxygens (including phenoxy) is 1. The molecule has 8 heteroatoms. The zero-order valence-corrected chi connectivity index (χ0v) is 20.3. The van der Waals surface area contributed by atoms with E-state index in [1.165, 1.54) is 7.11 Å². The maximum atomic E-state index is 13.1. The third-order valence-electron chi connectivity index (χ3n) is 6.08. The lowest BCUT2D eigenvalue weighted by Crippen LogP contribution is -2.41. The Morgan fingerprint density at radius 2 is 1.67 bits per heavy atom. The quantitative estimate of drug-likeness (QED) is 0.286.